The van der Waals surface area contributed by atoms with Crippen LogP contribution in [0.1, 0.15) is 36.9 Å². The molecule has 1 aromatic heterocycles. The fraction of sp³-hybridized carbons (Fsp3) is 0.500. The van der Waals surface area contributed by atoms with Crippen LogP contribution in [0.4, 0.5) is 19.0 Å². The number of rotatable bonds is 2. The number of aromatic nitrogens is 1. The zero-order valence-corrected chi connectivity index (χ0v) is 9.59. The van der Waals surface area contributed by atoms with E-state index in [1.54, 1.807) is 0 Å². The SMILES string of the molecule is N#Cc1ccc(C(F)(F)F)nc1NC1CCCC1. The fourth-order valence-corrected chi connectivity index (χ4v) is 2.08. The Hall–Kier alpha value is -1.77. The van der Waals surface area contributed by atoms with E-state index in [0.717, 1.165) is 37.8 Å². The first kappa shape index (κ1) is 12.7. The van der Waals surface area contributed by atoms with E-state index in [2.05, 4.69) is 10.3 Å². The Bertz CT molecular complexity index is 470. The molecule has 0 radical (unpaired) electrons. The molecule has 0 aliphatic heterocycles. The fourth-order valence-electron chi connectivity index (χ4n) is 2.08. The van der Waals surface area contributed by atoms with Gasteiger partial charge in [-0.05, 0) is 25.0 Å². The highest BCUT2D eigenvalue weighted by Gasteiger charge is 2.33. The highest BCUT2D eigenvalue weighted by molar-refractivity contribution is 5.53. The van der Waals surface area contributed by atoms with Gasteiger partial charge in [-0.25, -0.2) is 4.98 Å². The summed E-state index contributed by atoms with van der Waals surface area (Å²) in [5.41, 5.74) is -0.822. The van der Waals surface area contributed by atoms with Crippen molar-refractivity contribution >= 4 is 5.82 Å². The molecule has 0 saturated heterocycles. The van der Waals surface area contributed by atoms with Crippen molar-refractivity contribution in [1.82, 2.24) is 4.98 Å². The average molecular weight is 255 g/mol. The van der Waals surface area contributed by atoms with Crippen LogP contribution < -0.4 is 5.32 Å². The number of alkyl halides is 3. The minimum absolute atomic E-state index is 0.0409. The largest absolute Gasteiger partial charge is 0.433 e. The standard InChI is InChI=1S/C12H12F3N3/c13-12(14,15)10-6-5-8(7-16)11(18-10)17-9-3-1-2-4-9/h5-6,9H,1-4H2,(H,17,18). The van der Waals surface area contributed by atoms with Crippen molar-refractivity contribution in [2.45, 2.75) is 37.9 Å². The number of pyridine rings is 1. The first-order chi connectivity index (χ1) is 8.50. The summed E-state index contributed by atoms with van der Waals surface area (Å²) >= 11 is 0. The first-order valence-electron chi connectivity index (χ1n) is 5.75. The first-order valence-corrected chi connectivity index (χ1v) is 5.75. The Morgan fingerprint density at radius 2 is 1.94 bits per heavy atom. The van der Waals surface area contributed by atoms with E-state index < -0.39 is 11.9 Å². The van der Waals surface area contributed by atoms with Gasteiger partial charge in [-0.1, -0.05) is 12.8 Å². The summed E-state index contributed by atoms with van der Waals surface area (Å²) in [5.74, 6) is 0.0409. The minimum Gasteiger partial charge on any atom is -0.366 e. The number of hydrogen-bond donors (Lipinski definition) is 1. The molecule has 1 fully saturated rings. The normalized spacial score (nSPS) is 16.6. The number of halogens is 3. The monoisotopic (exact) mass is 255 g/mol. The summed E-state index contributed by atoms with van der Waals surface area (Å²) in [7, 11) is 0. The van der Waals surface area contributed by atoms with Crippen molar-refractivity contribution in [1.29, 1.82) is 5.26 Å². The maximum Gasteiger partial charge on any atom is 0.433 e. The highest BCUT2D eigenvalue weighted by atomic mass is 19.4. The smallest absolute Gasteiger partial charge is 0.366 e. The van der Waals surface area contributed by atoms with Crippen LogP contribution in [0, 0.1) is 11.3 Å². The molecular formula is C12H12F3N3. The Balaban J connectivity index is 2.28. The number of hydrogen-bond acceptors (Lipinski definition) is 3. The molecule has 0 spiro atoms. The summed E-state index contributed by atoms with van der Waals surface area (Å²) in [6, 6.07) is 3.97. The van der Waals surface area contributed by atoms with E-state index in [4.69, 9.17) is 5.26 Å². The van der Waals surface area contributed by atoms with Crippen molar-refractivity contribution in [3.05, 3.63) is 23.4 Å². The molecule has 96 valence electrons. The summed E-state index contributed by atoms with van der Waals surface area (Å²) < 4.78 is 37.6. The molecule has 0 atom stereocenters. The van der Waals surface area contributed by atoms with Crippen molar-refractivity contribution in [3.63, 3.8) is 0 Å². The molecule has 0 aromatic carbocycles. The maximum absolute atomic E-state index is 12.5. The molecular weight excluding hydrogens is 243 g/mol. The molecule has 0 bridgehead atoms. The average Bonchev–Trinajstić information content (AvgIpc) is 2.80. The molecule has 1 saturated carbocycles. The van der Waals surface area contributed by atoms with Gasteiger partial charge >= 0.3 is 6.18 Å². The molecule has 1 aromatic rings. The van der Waals surface area contributed by atoms with Gasteiger partial charge in [0.1, 0.15) is 17.6 Å². The third-order valence-corrected chi connectivity index (χ3v) is 3.00. The van der Waals surface area contributed by atoms with Crippen LogP contribution in [-0.4, -0.2) is 11.0 Å². The van der Waals surface area contributed by atoms with Crippen LogP contribution in [0.2, 0.25) is 0 Å². The number of nitrogens with zero attached hydrogens (tertiary/aromatic N) is 2. The summed E-state index contributed by atoms with van der Waals surface area (Å²) in [5, 5.41) is 11.8. The Morgan fingerprint density at radius 3 is 2.50 bits per heavy atom. The van der Waals surface area contributed by atoms with Crippen LogP contribution in [0.3, 0.4) is 0 Å². The third kappa shape index (κ3) is 2.73. The van der Waals surface area contributed by atoms with Gasteiger partial charge in [-0.15, -0.1) is 0 Å². The molecule has 3 nitrogen and oxygen atoms in total. The van der Waals surface area contributed by atoms with Crippen molar-refractivity contribution < 1.29 is 13.2 Å². The van der Waals surface area contributed by atoms with Gasteiger partial charge in [0.2, 0.25) is 0 Å². The Kier molecular flexibility index (Phi) is 3.41. The number of nitrogens with one attached hydrogen (secondary N) is 1. The van der Waals surface area contributed by atoms with E-state index in [1.165, 1.54) is 0 Å². The van der Waals surface area contributed by atoms with Gasteiger partial charge in [-0.2, -0.15) is 18.4 Å². The van der Waals surface area contributed by atoms with Crippen molar-refractivity contribution in [3.8, 4) is 6.07 Å². The minimum atomic E-state index is -4.49. The van der Waals surface area contributed by atoms with Crippen LogP contribution >= 0.6 is 0 Å². The summed E-state index contributed by atoms with van der Waals surface area (Å²) in [6.07, 6.45) is -0.567. The van der Waals surface area contributed by atoms with E-state index in [-0.39, 0.29) is 17.4 Å². The van der Waals surface area contributed by atoms with Gasteiger partial charge < -0.3 is 5.32 Å². The lowest BCUT2D eigenvalue weighted by atomic mass is 10.2. The molecule has 0 amide bonds. The summed E-state index contributed by atoms with van der Waals surface area (Å²) in [4.78, 5) is 3.52. The van der Waals surface area contributed by atoms with E-state index in [9.17, 15) is 13.2 Å². The lowest BCUT2D eigenvalue weighted by molar-refractivity contribution is -0.141. The Morgan fingerprint density at radius 1 is 1.28 bits per heavy atom. The maximum atomic E-state index is 12.5. The van der Waals surface area contributed by atoms with Crippen LogP contribution in [0.5, 0.6) is 0 Å². The molecule has 1 aliphatic carbocycles. The third-order valence-electron chi connectivity index (χ3n) is 3.00. The van der Waals surface area contributed by atoms with E-state index in [1.807, 2.05) is 6.07 Å². The van der Waals surface area contributed by atoms with E-state index in [0.29, 0.717) is 0 Å². The summed E-state index contributed by atoms with van der Waals surface area (Å²) in [6.45, 7) is 0. The van der Waals surface area contributed by atoms with Crippen LogP contribution in [0.15, 0.2) is 12.1 Å². The van der Waals surface area contributed by atoms with E-state index >= 15 is 0 Å². The number of anilines is 1. The van der Waals surface area contributed by atoms with Gasteiger partial charge in [0.25, 0.3) is 0 Å². The molecule has 18 heavy (non-hydrogen) atoms. The molecule has 6 heteroatoms. The lowest BCUT2D eigenvalue weighted by Crippen LogP contribution is -2.18. The second-order valence-electron chi connectivity index (χ2n) is 4.33. The molecule has 0 unspecified atom stereocenters. The zero-order valence-electron chi connectivity index (χ0n) is 9.59. The topological polar surface area (TPSA) is 48.7 Å². The zero-order chi connectivity index (χ0) is 13.2. The lowest BCUT2D eigenvalue weighted by Gasteiger charge is -2.15. The van der Waals surface area contributed by atoms with Gasteiger partial charge in [-0.3, -0.25) is 0 Å². The quantitative estimate of drug-likeness (QED) is 0.881. The molecule has 1 N–H and O–H groups in total. The van der Waals surface area contributed by atoms with Gasteiger partial charge in [0.15, 0.2) is 0 Å². The Labute approximate surface area is 103 Å². The molecule has 2 rings (SSSR count). The van der Waals surface area contributed by atoms with Crippen LogP contribution in [0.25, 0.3) is 0 Å². The highest BCUT2D eigenvalue weighted by Crippen LogP contribution is 2.30. The predicted molar refractivity (Wildman–Crippen MR) is 59.8 cm³/mol. The molecule has 1 aliphatic rings. The number of nitriles is 1. The second-order valence-corrected chi connectivity index (χ2v) is 4.33. The van der Waals surface area contributed by atoms with Crippen molar-refractivity contribution in [2.75, 3.05) is 5.32 Å². The van der Waals surface area contributed by atoms with Crippen molar-refractivity contribution in [2.24, 2.45) is 0 Å². The second kappa shape index (κ2) is 4.84. The van der Waals surface area contributed by atoms with Crippen LogP contribution in [-0.2, 0) is 6.18 Å². The van der Waals surface area contributed by atoms with Gasteiger partial charge in [0.05, 0.1) is 5.56 Å². The predicted octanol–water partition coefficient (Wildman–Crippen LogP) is 3.33. The van der Waals surface area contributed by atoms with Gasteiger partial charge in [0, 0.05) is 6.04 Å². The molecule has 1 heterocycles.